The first-order chi connectivity index (χ1) is 12.7. The molecular formula is C21H25FN2O2. The number of halogens is 1. The number of nitrogens with one attached hydrogen (secondary N) is 1. The quantitative estimate of drug-likeness (QED) is 0.864. The third-order valence-corrected chi connectivity index (χ3v) is 4.81. The van der Waals surface area contributed by atoms with Gasteiger partial charge in [0, 0.05) is 19.1 Å². The molecule has 4 nitrogen and oxygen atoms in total. The summed E-state index contributed by atoms with van der Waals surface area (Å²) in [6, 6.07) is 14.1. The molecule has 1 atom stereocenters. The van der Waals surface area contributed by atoms with E-state index in [-0.39, 0.29) is 17.8 Å². The molecule has 0 bridgehead atoms. The van der Waals surface area contributed by atoms with Crippen LogP contribution in [0.5, 0.6) is 5.75 Å². The Morgan fingerprint density at radius 1 is 1.15 bits per heavy atom. The molecule has 1 saturated heterocycles. The molecule has 1 heterocycles. The van der Waals surface area contributed by atoms with E-state index in [2.05, 4.69) is 5.32 Å². The maximum atomic E-state index is 13.2. The third kappa shape index (κ3) is 4.82. The highest BCUT2D eigenvalue weighted by Crippen LogP contribution is 2.18. The van der Waals surface area contributed by atoms with Crippen LogP contribution < -0.4 is 10.1 Å². The van der Waals surface area contributed by atoms with Crippen LogP contribution in [0.3, 0.4) is 0 Å². The number of rotatable bonds is 6. The van der Waals surface area contributed by atoms with Crippen LogP contribution in [0, 0.1) is 5.82 Å². The van der Waals surface area contributed by atoms with Crippen molar-refractivity contribution in [1.82, 2.24) is 10.2 Å². The molecule has 1 aliphatic heterocycles. The molecule has 0 aliphatic carbocycles. The monoisotopic (exact) mass is 356 g/mol. The molecule has 2 aromatic carbocycles. The number of carbonyl (C=O) groups is 1. The zero-order valence-corrected chi connectivity index (χ0v) is 15.1. The predicted octanol–water partition coefficient (Wildman–Crippen LogP) is 3.16. The molecular weight excluding hydrogens is 331 g/mol. The molecule has 2 aromatic rings. The van der Waals surface area contributed by atoms with Crippen molar-refractivity contribution in [2.75, 3.05) is 20.2 Å². The van der Waals surface area contributed by atoms with E-state index in [4.69, 9.17) is 4.74 Å². The van der Waals surface area contributed by atoms with Crippen molar-refractivity contribution in [2.45, 2.75) is 31.8 Å². The Morgan fingerprint density at radius 3 is 2.46 bits per heavy atom. The lowest BCUT2D eigenvalue weighted by Crippen LogP contribution is -2.48. The number of piperidine rings is 1. The van der Waals surface area contributed by atoms with Crippen LogP contribution in [0.4, 0.5) is 4.39 Å². The molecule has 3 rings (SSSR count). The summed E-state index contributed by atoms with van der Waals surface area (Å²) < 4.78 is 18.4. The summed E-state index contributed by atoms with van der Waals surface area (Å²) in [6.45, 7) is 2.30. The van der Waals surface area contributed by atoms with Crippen LogP contribution >= 0.6 is 0 Å². The van der Waals surface area contributed by atoms with Gasteiger partial charge in [-0.15, -0.1) is 0 Å². The number of benzene rings is 2. The summed E-state index contributed by atoms with van der Waals surface area (Å²) in [7, 11) is 1.63. The lowest BCUT2D eigenvalue weighted by atomic mass is 10.0. The van der Waals surface area contributed by atoms with Gasteiger partial charge in [-0.3, -0.25) is 4.79 Å². The molecule has 1 amide bonds. The van der Waals surface area contributed by atoms with Gasteiger partial charge in [0.15, 0.2) is 0 Å². The molecule has 0 aromatic heterocycles. The molecule has 0 radical (unpaired) electrons. The molecule has 0 saturated carbocycles. The molecule has 1 N–H and O–H groups in total. The normalized spacial score (nSPS) is 16.9. The Balaban J connectivity index is 1.74. The SMILES string of the molecule is COc1ccc(CC(=O)N(Cc2ccc(F)cc2)[C@@H]2CCCNC2)cc1. The van der Waals surface area contributed by atoms with Gasteiger partial charge < -0.3 is 15.0 Å². The number of hydrogen-bond acceptors (Lipinski definition) is 3. The highest BCUT2D eigenvalue weighted by Gasteiger charge is 2.25. The van der Waals surface area contributed by atoms with Crippen LogP contribution in [-0.2, 0) is 17.8 Å². The second-order valence-corrected chi connectivity index (χ2v) is 6.67. The summed E-state index contributed by atoms with van der Waals surface area (Å²) in [4.78, 5) is 15.0. The molecule has 0 spiro atoms. The largest absolute Gasteiger partial charge is 0.497 e. The lowest BCUT2D eigenvalue weighted by Gasteiger charge is -2.35. The standard InChI is InChI=1S/C21H25FN2O2/c1-26-20-10-6-16(7-11-20)13-21(25)24(19-3-2-12-23-14-19)15-17-4-8-18(22)9-5-17/h4-11,19,23H,2-3,12-15H2,1H3/t19-/m1/s1. The predicted molar refractivity (Wildman–Crippen MR) is 99.5 cm³/mol. The summed E-state index contributed by atoms with van der Waals surface area (Å²) >= 11 is 0. The van der Waals surface area contributed by atoms with Gasteiger partial charge in [0.25, 0.3) is 0 Å². The van der Waals surface area contributed by atoms with E-state index in [0.29, 0.717) is 13.0 Å². The molecule has 1 aliphatic rings. The topological polar surface area (TPSA) is 41.6 Å². The number of carbonyl (C=O) groups excluding carboxylic acids is 1. The molecule has 5 heteroatoms. The maximum Gasteiger partial charge on any atom is 0.227 e. The average Bonchev–Trinajstić information content (AvgIpc) is 2.68. The van der Waals surface area contributed by atoms with Gasteiger partial charge in [-0.1, -0.05) is 24.3 Å². The average molecular weight is 356 g/mol. The van der Waals surface area contributed by atoms with Crippen LogP contribution in [0.1, 0.15) is 24.0 Å². The third-order valence-electron chi connectivity index (χ3n) is 4.81. The fraction of sp³-hybridized carbons (Fsp3) is 0.381. The van der Waals surface area contributed by atoms with Gasteiger partial charge in [0.05, 0.1) is 13.5 Å². The van der Waals surface area contributed by atoms with Crippen molar-refractivity contribution in [3.8, 4) is 5.75 Å². The van der Waals surface area contributed by atoms with E-state index in [0.717, 1.165) is 42.8 Å². The first-order valence-corrected chi connectivity index (χ1v) is 9.03. The molecule has 138 valence electrons. The zero-order valence-electron chi connectivity index (χ0n) is 15.1. The summed E-state index contributed by atoms with van der Waals surface area (Å²) in [6.07, 6.45) is 2.39. The number of ether oxygens (including phenoxy) is 1. The van der Waals surface area contributed by atoms with Crippen molar-refractivity contribution in [2.24, 2.45) is 0 Å². The van der Waals surface area contributed by atoms with Crippen LogP contribution in [0.15, 0.2) is 48.5 Å². The Kier molecular flexibility index (Phi) is 6.23. The van der Waals surface area contributed by atoms with E-state index in [1.807, 2.05) is 29.2 Å². The second-order valence-electron chi connectivity index (χ2n) is 6.67. The highest BCUT2D eigenvalue weighted by atomic mass is 19.1. The van der Waals surface area contributed by atoms with Gasteiger partial charge in [0.1, 0.15) is 11.6 Å². The second kappa shape index (κ2) is 8.81. The smallest absolute Gasteiger partial charge is 0.227 e. The van der Waals surface area contributed by atoms with Crippen molar-refractivity contribution >= 4 is 5.91 Å². The summed E-state index contributed by atoms with van der Waals surface area (Å²) in [5, 5.41) is 3.37. The minimum atomic E-state index is -0.260. The zero-order chi connectivity index (χ0) is 18.4. The van der Waals surface area contributed by atoms with E-state index in [9.17, 15) is 9.18 Å². The van der Waals surface area contributed by atoms with Gasteiger partial charge >= 0.3 is 0 Å². The minimum Gasteiger partial charge on any atom is -0.497 e. The van der Waals surface area contributed by atoms with Crippen LogP contribution in [-0.4, -0.2) is 37.0 Å². The van der Waals surface area contributed by atoms with Crippen LogP contribution in [0.25, 0.3) is 0 Å². The number of hydrogen-bond donors (Lipinski definition) is 1. The number of amides is 1. The van der Waals surface area contributed by atoms with E-state index < -0.39 is 0 Å². The summed E-state index contributed by atoms with van der Waals surface area (Å²) in [5.41, 5.74) is 1.91. The van der Waals surface area contributed by atoms with Crippen molar-refractivity contribution in [1.29, 1.82) is 0 Å². The fourth-order valence-corrected chi connectivity index (χ4v) is 3.33. The van der Waals surface area contributed by atoms with Gasteiger partial charge in [0.2, 0.25) is 5.91 Å². The first-order valence-electron chi connectivity index (χ1n) is 9.03. The number of nitrogens with zero attached hydrogens (tertiary/aromatic N) is 1. The van der Waals surface area contributed by atoms with Crippen molar-refractivity contribution < 1.29 is 13.9 Å². The van der Waals surface area contributed by atoms with E-state index in [1.54, 1.807) is 19.2 Å². The van der Waals surface area contributed by atoms with Crippen molar-refractivity contribution in [3.63, 3.8) is 0 Å². The molecule has 0 unspecified atom stereocenters. The van der Waals surface area contributed by atoms with E-state index >= 15 is 0 Å². The van der Waals surface area contributed by atoms with E-state index in [1.165, 1.54) is 12.1 Å². The Labute approximate surface area is 154 Å². The highest BCUT2D eigenvalue weighted by molar-refractivity contribution is 5.79. The Bertz CT molecular complexity index is 710. The fourth-order valence-electron chi connectivity index (χ4n) is 3.33. The van der Waals surface area contributed by atoms with Gasteiger partial charge in [-0.05, 0) is 54.8 Å². The van der Waals surface area contributed by atoms with Crippen molar-refractivity contribution in [3.05, 3.63) is 65.5 Å². The summed E-state index contributed by atoms with van der Waals surface area (Å²) in [5.74, 6) is 0.609. The first kappa shape index (κ1) is 18.4. The maximum absolute atomic E-state index is 13.2. The molecule has 1 fully saturated rings. The Morgan fingerprint density at radius 2 is 1.85 bits per heavy atom. The van der Waals surface area contributed by atoms with Gasteiger partial charge in [-0.25, -0.2) is 4.39 Å². The molecule has 26 heavy (non-hydrogen) atoms. The van der Waals surface area contributed by atoms with Crippen LogP contribution in [0.2, 0.25) is 0 Å². The minimum absolute atomic E-state index is 0.0909. The Hall–Kier alpha value is -2.40. The lowest BCUT2D eigenvalue weighted by molar-refractivity contribution is -0.133. The van der Waals surface area contributed by atoms with Gasteiger partial charge in [-0.2, -0.15) is 0 Å². The number of methoxy groups -OCH3 is 1.